The molecule has 162 valence electrons. The molecule has 0 heterocycles. The van der Waals surface area contributed by atoms with Gasteiger partial charge in [0.25, 0.3) is 0 Å². The normalized spacial score (nSPS) is 13.8. The average Bonchev–Trinajstić information content (AvgIpc) is 3.44. The Morgan fingerprint density at radius 2 is 0.812 bits per heavy atom. The van der Waals surface area contributed by atoms with Crippen molar-refractivity contribution in [1.82, 2.24) is 9.62 Å². The molecule has 2 nitrogen and oxygen atoms in total. The van der Waals surface area contributed by atoms with Gasteiger partial charge in [-0.25, -0.2) is 0 Å². The van der Waals surface area contributed by atoms with E-state index in [0.717, 1.165) is 0 Å². The van der Waals surface area contributed by atoms with Crippen molar-refractivity contribution in [2.24, 2.45) is 0 Å². The van der Waals surface area contributed by atoms with Crippen LogP contribution in [0.2, 0.25) is 11.6 Å². The van der Waals surface area contributed by atoms with Gasteiger partial charge in [0, 0.05) is 0 Å². The Kier molecular flexibility index (Phi) is 17.0. The molecule has 6 heteroatoms. The molecule has 0 unspecified atom stereocenters. The third-order valence-corrected chi connectivity index (χ3v) is 6.33. The van der Waals surface area contributed by atoms with Crippen LogP contribution in [0, 0.1) is 0 Å². The molecule has 6 radical (unpaired) electrons. The topological polar surface area (TPSA) is 6.48 Å². The maximum absolute atomic E-state index is 2.17. The summed E-state index contributed by atoms with van der Waals surface area (Å²) in [5, 5.41) is 0. The molecule has 0 aromatic heterocycles. The predicted octanol–water partition coefficient (Wildman–Crippen LogP) is 3.12. The third-order valence-electron chi connectivity index (χ3n) is 4.01. The zero-order chi connectivity index (χ0) is 23.6. The minimum absolute atomic E-state index is 0.528. The van der Waals surface area contributed by atoms with Crippen LogP contribution in [0.4, 0.5) is 0 Å². The van der Waals surface area contributed by atoms with E-state index in [9.17, 15) is 0 Å². The Morgan fingerprint density at radius 1 is 0.531 bits per heavy atom. The SMILES string of the molecule is CN(C)[B]C1C=CC=C1.CN(C)[B]C1C=CC=C1.[Bi][c]1ccccc1.[Bi][c]1ccccc1. The molecule has 0 atom stereocenters. The summed E-state index contributed by atoms with van der Waals surface area (Å²) < 4.78 is 2.87. The molecule has 2 aliphatic carbocycles. The first-order chi connectivity index (χ1) is 15.4. The number of benzene rings is 2. The number of nitrogens with zero attached hydrogens (tertiary/aromatic N) is 2. The van der Waals surface area contributed by atoms with Crippen LogP contribution in [0.1, 0.15) is 0 Å². The van der Waals surface area contributed by atoms with E-state index in [2.05, 4.69) is 122 Å². The Hall–Kier alpha value is -0.784. The van der Waals surface area contributed by atoms with Crippen molar-refractivity contribution in [3.63, 3.8) is 0 Å². The van der Waals surface area contributed by atoms with Gasteiger partial charge in [-0.2, -0.15) is 0 Å². The number of rotatable bonds is 4. The second-order valence-corrected chi connectivity index (χ2v) is 11.6. The summed E-state index contributed by atoms with van der Waals surface area (Å²) >= 11 is 2.71. The van der Waals surface area contributed by atoms with Crippen molar-refractivity contribution in [2.75, 3.05) is 28.2 Å². The van der Waals surface area contributed by atoms with Crippen molar-refractivity contribution in [1.29, 1.82) is 0 Å². The fraction of sp³-hybridized carbons (Fsp3) is 0.231. The first-order valence-corrected chi connectivity index (χ1v) is 14.1. The van der Waals surface area contributed by atoms with Gasteiger partial charge in [-0.3, -0.25) is 0 Å². The van der Waals surface area contributed by atoms with Gasteiger partial charge in [0.15, 0.2) is 0 Å². The van der Waals surface area contributed by atoms with Gasteiger partial charge in [0.1, 0.15) is 0 Å². The Balaban J connectivity index is 0.000000215. The molecular formula is C26H32B2Bi2N2. The van der Waals surface area contributed by atoms with E-state index >= 15 is 0 Å². The number of allylic oxidation sites excluding steroid dienone is 8. The molecule has 0 amide bonds. The van der Waals surface area contributed by atoms with E-state index in [0.29, 0.717) is 11.6 Å². The summed E-state index contributed by atoms with van der Waals surface area (Å²) in [5.41, 5.74) is 0. The summed E-state index contributed by atoms with van der Waals surface area (Å²) in [6.07, 6.45) is 17.0. The first kappa shape index (κ1) is 29.2. The third kappa shape index (κ3) is 16.8. The average molecular weight is 812 g/mol. The standard InChI is InChI=1S/2C7H11BN.2C6H5.2Bi/c2*1-9(2)8-7-5-3-4-6-7;2*1-2-4-6-5-3-1;;/h2*3-7H,1-2H3;2*1-5H;;. The van der Waals surface area contributed by atoms with Crippen LogP contribution in [-0.4, -0.2) is 102 Å². The van der Waals surface area contributed by atoms with E-state index in [1.54, 1.807) is 0 Å². The van der Waals surface area contributed by atoms with E-state index in [1.807, 2.05) is 40.3 Å². The second-order valence-electron chi connectivity index (χ2n) is 7.59. The minimum atomic E-state index is 0.528. The fourth-order valence-electron chi connectivity index (χ4n) is 2.64. The van der Waals surface area contributed by atoms with Crippen molar-refractivity contribution in [3.8, 4) is 0 Å². The summed E-state index contributed by atoms with van der Waals surface area (Å²) in [6, 6.07) is 20.9. The molecule has 2 aromatic carbocycles. The van der Waals surface area contributed by atoms with Crippen LogP contribution >= 0.6 is 0 Å². The molecule has 0 N–H and O–H groups in total. The number of hydrogen-bond acceptors (Lipinski definition) is 2. The maximum atomic E-state index is 2.17. The van der Waals surface area contributed by atoms with Crippen molar-refractivity contribution in [3.05, 3.63) is 109 Å². The van der Waals surface area contributed by atoms with E-state index < -0.39 is 0 Å². The molecule has 2 aromatic rings. The van der Waals surface area contributed by atoms with Crippen LogP contribution in [-0.2, 0) is 0 Å². The van der Waals surface area contributed by atoms with E-state index in [-0.39, 0.29) is 0 Å². The quantitative estimate of drug-likeness (QED) is 0.439. The van der Waals surface area contributed by atoms with Crippen LogP contribution in [0.5, 0.6) is 0 Å². The molecule has 0 saturated heterocycles. The first-order valence-electron chi connectivity index (χ1n) is 10.6. The second kappa shape index (κ2) is 18.6. The Labute approximate surface area is 227 Å². The summed E-state index contributed by atoms with van der Waals surface area (Å²) in [6.45, 7) is 0. The molecule has 4 rings (SSSR count). The summed E-state index contributed by atoms with van der Waals surface area (Å²) in [5.74, 6) is 1.06. The molecule has 0 aliphatic heterocycles. The van der Waals surface area contributed by atoms with Crippen LogP contribution in [0.3, 0.4) is 0 Å². The van der Waals surface area contributed by atoms with Crippen LogP contribution in [0.25, 0.3) is 0 Å². The fourth-order valence-corrected chi connectivity index (χ4v) is 3.98. The Morgan fingerprint density at radius 3 is 1.00 bits per heavy atom. The van der Waals surface area contributed by atoms with Gasteiger partial charge >= 0.3 is 117 Å². The van der Waals surface area contributed by atoms with Gasteiger partial charge < -0.3 is 9.62 Å². The molecule has 2 aliphatic rings. The number of hydrogen-bond donors (Lipinski definition) is 0. The molecule has 0 spiro atoms. The van der Waals surface area contributed by atoms with Gasteiger partial charge in [-0.05, 0) is 39.8 Å². The van der Waals surface area contributed by atoms with Crippen LogP contribution < -0.4 is 6.54 Å². The molecular weight excluding hydrogens is 780 g/mol. The predicted molar refractivity (Wildman–Crippen MR) is 147 cm³/mol. The zero-order valence-electron chi connectivity index (χ0n) is 19.5. The van der Waals surface area contributed by atoms with Gasteiger partial charge in [-0.15, -0.1) is 0 Å². The van der Waals surface area contributed by atoms with E-state index in [1.165, 1.54) is 56.0 Å². The molecule has 0 saturated carbocycles. The summed E-state index contributed by atoms with van der Waals surface area (Å²) in [7, 11) is 12.5. The summed E-state index contributed by atoms with van der Waals surface area (Å²) in [4.78, 5) is 4.15. The molecule has 0 bridgehead atoms. The Bertz CT molecular complexity index is 740. The monoisotopic (exact) mass is 812 g/mol. The van der Waals surface area contributed by atoms with Crippen molar-refractivity contribution in [2.45, 2.75) is 11.6 Å². The zero-order valence-corrected chi connectivity index (χ0v) is 26.4. The van der Waals surface area contributed by atoms with Crippen LogP contribution in [0.15, 0.2) is 109 Å². The molecule has 32 heavy (non-hydrogen) atoms. The molecule has 0 fully saturated rings. The van der Waals surface area contributed by atoms with Crippen molar-refractivity contribution < 1.29 is 0 Å². The van der Waals surface area contributed by atoms with Gasteiger partial charge in [0.2, 0.25) is 14.8 Å². The van der Waals surface area contributed by atoms with E-state index in [4.69, 9.17) is 0 Å². The van der Waals surface area contributed by atoms with Gasteiger partial charge in [0.05, 0.1) is 0 Å². The van der Waals surface area contributed by atoms with Gasteiger partial charge in [-0.1, -0.05) is 48.6 Å². The van der Waals surface area contributed by atoms with Crippen molar-refractivity contribution >= 4 is 70.8 Å².